The van der Waals surface area contributed by atoms with Crippen molar-refractivity contribution < 1.29 is 0 Å². The van der Waals surface area contributed by atoms with Crippen molar-refractivity contribution in [2.45, 2.75) is 64.5 Å². The Kier molecular flexibility index (Phi) is 8.20. The molecule has 0 nitrogen and oxygen atoms in total. The number of hydrogen-bond acceptors (Lipinski definition) is 1. The van der Waals surface area contributed by atoms with Gasteiger partial charge in [0.15, 0.2) is 0 Å². The van der Waals surface area contributed by atoms with Crippen LogP contribution in [-0.4, -0.2) is 5.25 Å². The molecule has 0 N–H and O–H groups in total. The second kappa shape index (κ2) is 7.97. The monoisotopic (exact) mass is 188 g/mol. The van der Waals surface area contributed by atoms with Gasteiger partial charge in [0.05, 0.1) is 0 Å². The zero-order chi connectivity index (χ0) is 9.40. The molecule has 0 saturated heterocycles. The van der Waals surface area contributed by atoms with E-state index in [1.807, 2.05) is 0 Å². The van der Waals surface area contributed by atoms with Gasteiger partial charge >= 0.3 is 0 Å². The van der Waals surface area contributed by atoms with E-state index in [0.29, 0.717) is 5.25 Å². The second-order valence-electron chi connectivity index (χ2n) is 3.87. The number of hydrogen-bond donors (Lipinski definition) is 1. The highest BCUT2D eigenvalue weighted by Crippen LogP contribution is 2.21. The van der Waals surface area contributed by atoms with Crippen molar-refractivity contribution in [2.75, 3.05) is 0 Å². The Bertz CT molecular complexity index is 83.0. The molecule has 0 aliphatic rings. The Balaban J connectivity index is 3.48. The van der Waals surface area contributed by atoms with Gasteiger partial charge in [-0.2, -0.15) is 12.6 Å². The summed E-state index contributed by atoms with van der Waals surface area (Å²) in [5.74, 6) is 0.967. The average molecular weight is 188 g/mol. The lowest BCUT2D eigenvalue weighted by Gasteiger charge is -2.15. The molecule has 1 unspecified atom stereocenters. The van der Waals surface area contributed by atoms with Crippen LogP contribution < -0.4 is 0 Å². The molecule has 0 heterocycles. The molecule has 0 aliphatic heterocycles. The maximum absolute atomic E-state index is 4.41. The summed E-state index contributed by atoms with van der Waals surface area (Å²) < 4.78 is 0. The highest BCUT2D eigenvalue weighted by molar-refractivity contribution is 7.80. The molecule has 0 rings (SSSR count). The Morgan fingerprint density at radius 2 is 1.42 bits per heavy atom. The molecule has 1 heteroatoms. The van der Waals surface area contributed by atoms with Gasteiger partial charge in [0.2, 0.25) is 0 Å². The molecule has 0 bridgehead atoms. The molecular weight excluding hydrogens is 164 g/mol. The van der Waals surface area contributed by atoms with Crippen molar-refractivity contribution in [3.63, 3.8) is 0 Å². The van der Waals surface area contributed by atoms with E-state index in [-0.39, 0.29) is 0 Å². The van der Waals surface area contributed by atoms with Crippen molar-refractivity contribution in [3.8, 4) is 0 Å². The summed E-state index contributed by atoms with van der Waals surface area (Å²) in [5, 5.41) is 0.584. The number of thiol groups is 1. The van der Waals surface area contributed by atoms with Crippen LogP contribution in [0.25, 0.3) is 0 Å². The van der Waals surface area contributed by atoms with E-state index in [1.165, 1.54) is 38.5 Å². The van der Waals surface area contributed by atoms with Gasteiger partial charge < -0.3 is 0 Å². The van der Waals surface area contributed by atoms with Gasteiger partial charge in [-0.3, -0.25) is 0 Å². The van der Waals surface area contributed by atoms with Crippen molar-refractivity contribution in [2.24, 2.45) is 5.92 Å². The van der Waals surface area contributed by atoms with E-state index < -0.39 is 0 Å². The van der Waals surface area contributed by atoms with Gasteiger partial charge in [-0.25, -0.2) is 0 Å². The molecule has 0 fully saturated rings. The minimum absolute atomic E-state index is 0.584. The summed E-state index contributed by atoms with van der Waals surface area (Å²) in [4.78, 5) is 0. The zero-order valence-electron chi connectivity index (χ0n) is 8.84. The molecule has 0 amide bonds. The van der Waals surface area contributed by atoms with Crippen molar-refractivity contribution in [1.82, 2.24) is 0 Å². The van der Waals surface area contributed by atoms with Crippen molar-refractivity contribution in [3.05, 3.63) is 0 Å². The van der Waals surface area contributed by atoms with Crippen LogP contribution >= 0.6 is 12.6 Å². The lowest BCUT2D eigenvalue weighted by molar-refractivity contribution is 0.400. The molecule has 0 aromatic heterocycles. The van der Waals surface area contributed by atoms with Crippen molar-refractivity contribution >= 4 is 12.6 Å². The van der Waals surface area contributed by atoms with Gasteiger partial charge in [0.25, 0.3) is 0 Å². The predicted molar refractivity (Wildman–Crippen MR) is 61.0 cm³/mol. The van der Waals surface area contributed by atoms with E-state index in [9.17, 15) is 0 Å². The fraction of sp³-hybridized carbons (Fsp3) is 1.00. The van der Waals surface area contributed by atoms with Gasteiger partial charge in [-0.1, -0.05) is 46.5 Å². The largest absolute Gasteiger partial charge is 0.176 e. The van der Waals surface area contributed by atoms with E-state index in [4.69, 9.17) is 0 Å². The molecule has 0 aromatic rings. The molecule has 0 spiro atoms. The van der Waals surface area contributed by atoms with Gasteiger partial charge in [-0.15, -0.1) is 0 Å². The van der Waals surface area contributed by atoms with Crippen LogP contribution in [0, 0.1) is 5.92 Å². The van der Waals surface area contributed by atoms with Crippen LogP contribution in [-0.2, 0) is 0 Å². The minimum atomic E-state index is 0.584. The molecule has 1 atom stereocenters. The highest BCUT2D eigenvalue weighted by atomic mass is 32.1. The third kappa shape index (κ3) is 7.02. The topological polar surface area (TPSA) is 0 Å². The van der Waals surface area contributed by atoms with E-state index in [0.717, 1.165) is 5.92 Å². The minimum Gasteiger partial charge on any atom is -0.176 e. The maximum atomic E-state index is 4.41. The van der Waals surface area contributed by atoms with E-state index in [2.05, 4.69) is 33.4 Å². The first-order valence-electron chi connectivity index (χ1n) is 5.38. The molecule has 0 radical (unpaired) electrons. The summed E-state index contributed by atoms with van der Waals surface area (Å²) in [5.41, 5.74) is 0. The van der Waals surface area contributed by atoms with Crippen LogP contribution in [0.4, 0.5) is 0 Å². The quantitative estimate of drug-likeness (QED) is 0.566. The summed E-state index contributed by atoms with van der Waals surface area (Å²) in [6, 6.07) is 0. The molecular formula is C11H24S. The Morgan fingerprint density at radius 3 is 1.75 bits per heavy atom. The lowest BCUT2D eigenvalue weighted by atomic mass is 9.93. The van der Waals surface area contributed by atoms with Crippen LogP contribution in [0.15, 0.2) is 0 Å². The molecule has 74 valence electrons. The third-order valence-electron chi connectivity index (χ3n) is 2.39. The molecule has 0 aliphatic carbocycles. The Labute approximate surface area is 83.5 Å². The summed E-state index contributed by atoms with van der Waals surface area (Å²) in [6.45, 7) is 6.76. The van der Waals surface area contributed by atoms with Gasteiger partial charge in [0, 0.05) is 0 Å². The predicted octanol–water partition coefficient (Wildman–Crippen LogP) is 4.30. The first-order valence-corrected chi connectivity index (χ1v) is 5.90. The highest BCUT2D eigenvalue weighted by Gasteiger charge is 2.07. The third-order valence-corrected chi connectivity index (χ3v) is 2.64. The van der Waals surface area contributed by atoms with E-state index in [1.54, 1.807) is 0 Å². The summed E-state index contributed by atoms with van der Waals surface area (Å²) >= 11 is 4.41. The van der Waals surface area contributed by atoms with Gasteiger partial charge in [-0.05, 0) is 24.0 Å². The van der Waals surface area contributed by atoms with Gasteiger partial charge in [0.1, 0.15) is 0 Å². The smallest absolute Gasteiger partial charge is 0.00115 e. The number of rotatable bonds is 7. The fourth-order valence-electron chi connectivity index (χ4n) is 1.73. The second-order valence-corrected chi connectivity index (χ2v) is 4.75. The molecule has 0 aromatic carbocycles. The Hall–Kier alpha value is 0.350. The maximum Gasteiger partial charge on any atom is -0.00115 e. The van der Waals surface area contributed by atoms with Crippen molar-refractivity contribution in [1.29, 1.82) is 0 Å². The first kappa shape index (κ1) is 12.3. The molecule has 12 heavy (non-hydrogen) atoms. The SMILES string of the molecule is CCCC(CCC)CCC(C)S. The first-order chi connectivity index (χ1) is 5.70. The lowest BCUT2D eigenvalue weighted by Crippen LogP contribution is -2.03. The Morgan fingerprint density at radius 1 is 0.917 bits per heavy atom. The standard InChI is InChI=1S/C11H24S/c1-4-6-11(7-5-2)9-8-10(3)12/h10-12H,4-9H2,1-3H3. The average Bonchev–Trinajstić information content (AvgIpc) is 2.01. The summed E-state index contributed by atoms with van der Waals surface area (Å²) in [7, 11) is 0. The summed E-state index contributed by atoms with van der Waals surface area (Å²) in [6.07, 6.45) is 8.17. The van der Waals surface area contributed by atoms with Crippen LogP contribution in [0.2, 0.25) is 0 Å². The van der Waals surface area contributed by atoms with Crippen LogP contribution in [0.1, 0.15) is 59.3 Å². The van der Waals surface area contributed by atoms with Crippen LogP contribution in [0.5, 0.6) is 0 Å². The van der Waals surface area contributed by atoms with Crippen LogP contribution in [0.3, 0.4) is 0 Å². The molecule has 0 saturated carbocycles. The zero-order valence-corrected chi connectivity index (χ0v) is 9.74. The van der Waals surface area contributed by atoms with E-state index >= 15 is 0 Å². The normalized spacial score (nSPS) is 13.8. The fourth-order valence-corrected chi connectivity index (χ4v) is 1.88.